The maximum atomic E-state index is 14.2. The number of halogens is 13. The zero-order valence-corrected chi connectivity index (χ0v) is 17.6. The minimum atomic E-state index is -7.37. The average Bonchev–Trinajstić information content (AvgIpc) is 2.57. The van der Waals surface area contributed by atoms with Gasteiger partial charge in [0.1, 0.15) is 6.61 Å². The topological polar surface area (TPSA) is 26.3 Å². The number of esters is 1. The average molecular weight is 635 g/mol. The van der Waals surface area contributed by atoms with Crippen LogP contribution < -0.4 is 0 Å². The molecule has 0 aromatic heterocycles. The molecule has 30 heavy (non-hydrogen) atoms. The van der Waals surface area contributed by atoms with E-state index in [0.29, 0.717) is 4.47 Å². The van der Waals surface area contributed by atoms with E-state index in [0.717, 1.165) is 22.6 Å². The van der Waals surface area contributed by atoms with Crippen molar-refractivity contribution in [2.24, 2.45) is 0 Å². The van der Waals surface area contributed by atoms with Crippen molar-refractivity contribution in [2.75, 3.05) is 6.61 Å². The zero-order chi connectivity index (χ0) is 23.8. The summed E-state index contributed by atoms with van der Waals surface area (Å²) in [6.45, 7) is -1.31. The molecule has 0 radical (unpaired) electrons. The van der Waals surface area contributed by atoms with Crippen molar-refractivity contribution in [3.8, 4) is 0 Å². The number of carbonyl (C=O) groups excluding carboxylic acids is 1. The summed E-state index contributed by atoms with van der Waals surface area (Å²) in [5, 5.41) is 0. The molecular formula is C15H7BrF11IO2. The highest BCUT2D eigenvalue weighted by atomic mass is 127. The highest BCUT2D eigenvalue weighted by molar-refractivity contribution is 14.1. The number of carbonyl (C=O) groups is 1. The normalized spacial score (nSPS) is 16.2. The minimum Gasteiger partial charge on any atom is -0.457 e. The fourth-order valence-corrected chi connectivity index (χ4v) is 2.67. The number of benzene rings is 1. The Balaban J connectivity index is 3.24. The van der Waals surface area contributed by atoms with Gasteiger partial charge in [0, 0.05) is 8.05 Å². The Morgan fingerprint density at radius 3 is 1.73 bits per heavy atom. The third-order valence-electron chi connectivity index (χ3n) is 3.40. The lowest BCUT2D eigenvalue weighted by atomic mass is 9.90. The quantitative estimate of drug-likeness (QED) is 0.191. The Kier molecular flexibility index (Phi) is 7.88. The molecular weight excluding hydrogens is 628 g/mol. The van der Waals surface area contributed by atoms with E-state index in [-0.39, 0.29) is 5.56 Å². The highest BCUT2D eigenvalue weighted by Crippen LogP contribution is 2.57. The van der Waals surface area contributed by atoms with Crippen LogP contribution >= 0.6 is 38.5 Å². The second-order valence-corrected chi connectivity index (χ2v) is 7.83. The molecule has 0 aliphatic rings. The molecule has 170 valence electrons. The summed E-state index contributed by atoms with van der Waals surface area (Å²) in [6, 6.07) is 5.06. The van der Waals surface area contributed by atoms with Gasteiger partial charge in [0.25, 0.3) is 5.67 Å². The predicted octanol–water partition coefficient (Wildman–Crippen LogP) is 7.03. The van der Waals surface area contributed by atoms with E-state index in [1.807, 2.05) is 0 Å². The molecule has 0 heterocycles. The molecule has 1 atom stereocenters. The van der Waals surface area contributed by atoms with Gasteiger partial charge in [-0.2, -0.15) is 43.9 Å². The number of alkyl halides is 11. The van der Waals surface area contributed by atoms with E-state index in [1.165, 1.54) is 24.3 Å². The number of hydrogen-bond donors (Lipinski definition) is 0. The summed E-state index contributed by atoms with van der Waals surface area (Å²) in [4.78, 5) is 11.7. The molecule has 0 amide bonds. The zero-order valence-electron chi connectivity index (χ0n) is 13.8. The van der Waals surface area contributed by atoms with E-state index in [2.05, 4.69) is 20.7 Å². The van der Waals surface area contributed by atoms with Gasteiger partial charge in [0.15, 0.2) is 0 Å². The minimum absolute atomic E-state index is 0.168. The van der Waals surface area contributed by atoms with Crippen LogP contribution in [0.2, 0.25) is 0 Å². The Morgan fingerprint density at radius 2 is 1.33 bits per heavy atom. The van der Waals surface area contributed by atoms with Gasteiger partial charge < -0.3 is 4.74 Å². The van der Waals surface area contributed by atoms with Gasteiger partial charge in [-0.1, -0.05) is 15.9 Å². The maximum Gasteiger partial charge on any atom is 0.460 e. The summed E-state index contributed by atoms with van der Waals surface area (Å²) in [7, 11) is 0. The summed E-state index contributed by atoms with van der Waals surface area (Å²) in [5.74, 6) is -15.9. The summed E-state index contributed by atoms with van der Waals surface area (Å²) in [5.41, 5.74) is -6.60. The molecule has 1 rings (SSSR count). The fraction of sp³-hybridized carbons (Fsp3) is 0.400. The smallest absolute Gasteiger partial charge is 0.457 e. The lowest BCUT2D eigenvalue weighted by Gasteiger charge is -2.37. The second kappa shape index (κ2) is 8.78. The van der Waals surface area contributed by atoms with Crippen molar-refractivity contribution in [1.82, 2.24) is 0 Å². The van der Waals surface area contributed by atoms with Crippen LogP contribution in [0, 0.1) is 0 Å². The number of hydrogen-bond acceptors (Lipinski definition) is 2. The van der Waals surface area contributed by atoms with Gasteiger partial charge in [-0.15, -0.1) is 0 Å². The van der Waals surface area contributed by atoms with E-state index in [9.17, 15) is 53.1 Å². The third kappa shape index (κ3) is 5.19. The lowest BCUT2D eigenvalue weighted by Crippen LogP contribution is -2.66. The van der Waals surface area contributed by atoms with Crippen molar-refractivity contribution in [3.63, 3.8) is 0 Å². The van der Waals surface area contributed by atoms with E-state index < -0.39 is 52.1 Å². The standard InChI is InChI=1S/C15H7BrF11IO2/c16-8-3-1-7(2-4-8)10(29)30-6-9(28)5-11(17,14(22,23)24)12(18,19)13(20,21)15(25,26)27/h1-5H,6H2. The van der Waals surface area contributed by atoms with Crippen LogP contribution in [0.1, 0.15) is 10.4 Å². The van der Waals surface area contributed by atoms with E-state index in [1.54, 1.807) is 0 Å². The first-order valence-electron chi connectivity index (χ1n) is 7.16. The Hall–Kier alpha value is -1.13. The van der Waals surface area contributed by atoms with Crippen molar-refractivity contribution in [3.05, 3.63) is 44.0 Å². The summed E-state index contributed by atoms with van der Waals surface area (Å²) >= 11 is 3.76. The molecule has 0 saturated carbocycles. The molecule has 1 aromatic carbocycles. The van der Waals surface area contributed by atoms with E-state index in [4.69, 9.17) is 0 Å². The van der Waals surface area contributed by atoms with Gasteiger partial charge >= 0.3 is 30.2 Å². The Labute approximate surface area is 182 Å². The van der Waals surface area contributed by atoms with Crippen LogP contribution in [-0.2, 0) is 4.74 Å². The molecule has 1 aromatic rings. The number of rotatable bonds is 6. The highest BCUT2D eigenvalue weighted by Gasteiger charge is 2.85. The van der Waals surface area contributed by atoms with Crippen LogP contribution in [0.3, 0.4) is 0 Å². The van der Waals surface area contributed by atoms with Gasteiger partial charge in [0.05, 0.1) is 5.56 Å². The van der Waals surface area contributed by atoms with Gasteiger partial charge in [-0.25, -0.2) is 9.18 Å². The fourth-order valence-electron chi connectivity index (χ4n) is 1.82. The Morgan fingerprint density at radius 1 is 0.867 bits per heavy atom. The summed E-state index contributed by atoms with van der Waals surface area (Å²) < 4.78 is 146. The van der Waals surface area contributed by atoms with Crippen LogP contribution in [0.4, 0.5) is 48.3 Å². The first kappa shape index (κ1) is 26.9. The van der Waals surface area contributed by atoms with E-state index >= 15 is 0 Å². The molecule has 2 nitrogen and oxygen atoms in total. The summed E-state index contributed by atoms with van der Waals surface area (Å²) in [6.07, 6.45) is -15.2. The molecule has 15 heteroatoms. The molecule has 0 fully saturated rings. The van der Waals surface area contributed by atoms with Crippen molar-refractivity contribution in [1.29, 1.82) is 0 Å². The number of ether oxygens (including phenoxy) is 1. The largest absolute Gasteiger partial charge is 0.460 e. The predicted molar refractivity (Wildman–Crippen MR) is 92.4 cm³/mol. The van der Waals surface area contributed by atoms with Crippen molar-refractivity contribution >= 4 is 44.5 Å². The molecule has 1 unspecified atom stereocenters. The van der Waals surface area contributed by atoms with Crippen LogP contribution in [0.15, 0.2) is 38.4 Å². The van der Waals surface area contributed by atoms with Gasteiger partial charge in [-0.05, 0) is 52.9 Å². The van der Waals surface area contributed by atoms with Gasteiger partial charge in [-0.3, -0.25) is 0 Å². The van der Waals surface area contributed by atoms with Crippen LogP contribution in [-0.4, -0.2) is 42.4 Å². The van der Waals surface area contributed by atoms with Gasteiger partial charge in [0.2, 0.25) is 0 Å². The molecule has 0 N–H and O–H groups in total. The Bertz CT molecular complexity index is 802. The maximum absolute atomic E-state index is 14.2. The van der Waals surface area contributed by atoms with Crippen molar-refractivity contribution in [2.45, 2.75) is 29.9 Å². The molecule has 0 saturated heterocycles. The van der Waals surface area contributed by atoms with Crippen LogP contribution in [0.25, 0.3) is 0 Å². The molecule has 0 spiro atoms. The van der Waals surface area contributed by atoms with Crippen LogP contribution in [0.5, 0.6) is 0 Å². The number of allylic oxidation sites excluding steroid dienone is 1. The second-order valence-electron chi connectivity index (χ2n) is 5.53. The first-order valence-corrected chi connectivity index (χ1v) is 9.03. The third-order valence-corrected chi connectivity index (χ3v) is 4.55. The molecule has 0 bridgehead atoms. The first-order chi connectivity index (χ1) is 13.3. The monoisotopic (exact) mass is 634 g/mol. The SMILES string of the molecule is O=C(OCC(I)=CC(F)(C(F)(F)F)C(F)(F)C(F)(F)C(F)(F)F)c1ccc(Br)cc1. The molecule has 0 aliphatic heterocycles. The van der Waals surface area contributed by atoms with Crippen molar-refractivity contribution < 1.29 is 57.8 Å². The molecule has 0 aliphatic carbocycles. The lowest BCUT2D eigenvalue weighted by molar-refractivity contribution is -0.402.